The number of hydrogen-bond acceptors (Lipinski definition) is 4. The van der Waals surface area contributed by atoms with Gasteiger partial charge in [0, 0.05) is 12.6 Å². The second-order valence-electron chi connectivity index (χ2n) is 5.83. The van der Waals surface area contributed by atoms with Crippen molar-refractivity contribution < 1.29 is 14.1 Å². The number of nitrogens with zero attached hydrogens (tertiary/aromatic N) is 1. The molecule has 1 aromatic heterocycles. The number of amides is 1. The van der Waals surface area contributed by atoms with Crippen molar-refractivity contribution in [3.8, 4) is 5.75 Å². The van der Waals surface area contributed by atoms with Crippen LogP contribution in [0.2, 0.25) is 0 Å². The van der Waals surface area contributed by atoms with Crippen LogP contribution in [0, 0.1) is 19.8 Å². The molecule has 0 spiro atoms. The summed E-state index contributed by atoms with van der Waals surface area (Å²) in [6.07, 6.45) is 0. The minimum atomic E-state index is -0.124. The molecule has 5 nitrogen and oxygen atoms in total. The highest BCUT2D eigenvalue weighted by Gasteiger charge is 2.14. The van der Waals surface area contributed by atoms with Gasteiger partial charge < -0.3 is 14.6 Å². The number of rotatable bonds is 6. The van der Waals surface area contributed by atoms with Crippen molar-refractivity contribution >= 4 is 5.91 Å². The predicted molar refractivity (Wildman–Crippen MR) is 83.9 cm³/mol. The van der Waals surface area contributed by atoms with Crippen LogP contribution in [0.4, 0.5) is 0 Å². The van der Waals surface area contributed by atoms with Gasteiger partial charge in [-0.3, -0.25) is 4.79 Å². The van der Waals surface area contributed by atoms with Gasteiger partial charge in [0.05, 0.1) is 11.3 Å². The lowest BCUT2D eigenvalue weighted by atomic mass is 10.1. The average molecular weight is 302 g/mol. The fourth-order valence-corrected chi connectivity index (χ4v) is 1.97. The molecule has 0 aliphatic carbocycles. The highest BCUT2D eigenvalue weighted by atomic mass is 16.5. The summed E-state index contributed by atoms with van der Waals surface area (Å²) in [5.74, 6) is 1.45. The van der Waals surface area contributed by atoms with Crippen molar-refractivity contribution in [3.05, 3.63) is 46.8 Å². The van der Waals surface area contributed by atoms with E-state index < -0.39 is 0 Å². The molecule has 0 aliphatic heterocycles. The number of aromatic nitrogens is 1. The van der Waals surface area contributed by atoms with Crippen LogP contribution in [-0.4, -0.2) is 17.6 Å². The van der Waals surface area contributed by atoms with Crippen molar-refractivity contribution in [2.24, 2.45) is 5.92 Å². The normalized spacial score (nSPS) is 10.8. The van der Waals surface area contributed by atoms with Crippen molar-refractivity contribution in [2.45, 2.75) is 34.3 Å². The van der Waals surface area contributed by atoms with E-state index in [0.29, 0.717) is 29.5 Å². The highest BCUT2D eigenvalue weighted by Crippen LogP contribution is 2.21. The minimum absolute atomic E-state index is 0.124. The highest BCUT2D eigenvalue weighted by molar-refractivity contribution is 5.97. The van der Waals surface area contributed by atoms with Gasteiger partial charge in [-0.25, -0.2) is 0 Å². The molecule has 2 rings (SSSR count). The molecular weight excluding hydrogens is 280 g/mol. The second-order valence-corrected chi connectivity index (χ2v) is 5.83. The summed E-state index contributed by atoms with van der Waals surface area (Å²) in [5, 5.41) is 6.73. The zero-order chi connectivity index (χ0) is 16.1. The van der Waals surface area contributed by atoms with Crippen LogP contribution in [0.5, 0.6) is 5.75 Å². The summed E-state index contributed by atoms with van der Waals surface area (Å²) in [6, 6.07) is 7.37. The first-order chi connectivity index (χ1) is 10.5. The summed E-state index contributed by atoms with van der Waals surface area (Å²) < 4.78 is 10.8. The second kappa shape index (κ2) is 7.11. The predicted octanol–water partition coefficient (Wildman–Crippen LogP) is 3.26. The SMILES string of the molecule is Cc1ccc(OCc2cc(C)no2)c(C(=O)NCC(C)C)c1. The molecule has 1 heterocycles. The number of benzene rings is 1. The molecule has 0 fully saturated rings. The molecule has 1 aromatic carbocycles. The van der Waals surface area contributed by atoms with E-state index in [9.17, 15) is 4.79 Å². The largest absolute Gasteiger partial charge is 0.485 e. The number of carbonyl (C=O) groups is 1. The Labute approximate surface area is 130 Å². The molecule has 5 heteroatoms. The Morgan fingerprint density at radius 1 is 1.32 bits per heavy atom. The fourth-order valence-electron chi connectivity index (χ4n) is 1.97. The topological polar surface area (TPSA) is 64.4 Å². The van der Waals surface area contributed by atoms with Gasteiger partial charge >= 0.3 is 0 Å². The standard InChI is InChI=1S/C17H22N2O3/c1-11(2)9-18-17(20)15-7-12(3)5-6-16(15)21-10-14-8-13(4)19-22-14/h5-8,11H,9-10H2,1-4H3,(H,18,20). The molecule has 0 saturated carbocycles. The van der Waals surface area contributed by atoms with E-state index in [1.54, 1.807) is 0 Å². The van der Waals surface area contributed by atoms with Crippen molar-refractivity contribution in [1.82, 2.24) is 10.5 Å². The Bertz CT molecular complexity index is 647. The third kappa shape index (κ3) is 4.35. The van der Waals surface area contributed by atoms with Crippen molar-refractivity contribution in [1.29, 1.82) is 0 Å². The molecule has 2 aromatic rings. The third-order valence-corrected chi connectivity index (χ3v) is 3.10. The first-order valence-corrected chi connectivity index (χ1v) is 7.39. The quantitative estimate of drug-likeness (QED) is 0.889. The smallest absolute Gasteiger partial charge is 0.255 e. The Morgan fingerprint density at radius 3 is 2.73 bits per heavy atom. The Balaban J connectivity index is 2.11. The zero-order valence-electron chi connectivity index (χ0n) is 13.5. The number of nitrogens with one attached hydrogen (secondary N) is 1. The maximum absolute atomic E-state index is 12.3. The van der Waals surface area contributed by atoms with E-state index >= 15 is 0 Å². The summed E-state index contributed by atoms with van der Waals surface area (Å²) in [7, 11) is 0. The summed E-state index contributed by atoms with van der Waals surface area (Å²) in [6.45, 7) is 8.79. The molecule has 0 atom stereocenters. The van der Waals surface area contributed by atoms with Crippen molar-refractivity contribution in [2.75, 3.05) is 6.54 Å². The molecule has 22 heavy (non-hydrogen) atoms. The Hall–Kier alpha value is -2.30. The van der Waals surface area contributed by atoms with Gasteiger partial charge in [0.1, 0.15) is 12.4 Å². The van der Waals surface area contributed by atoms with E-state index in [0.717, 1.165) is 11.3 Å². The third-order valence-electron chi connectivity index (χ3n) is 3.10. The number of aryl methyl sites for hydroxylation is 2. The first-order valence-electron chi connectivity index (χ1n) is 7.39. The molecule has 1 N–H and O–H groups in total. The van der Waals surface area contributed by atoms with Gasteiger partial charge in [0.15, 0.2) is 5.76 Å². The minimum Gasteiger partial charge on any atom is -0.485 e. The molecule has 0 saturated heterocycles. The van der Waals surface area contributed by atoms with Crippen LogP contribution in [0.15, 0.2) is 28.8 Å². The van der Waals surface area contributed by atoms with E-state index in [-0.39, 0.29) is 12.5 Å². The van der Waals surface area contributed by atoms with Crippen LogP contribution >= 0.6 is 0 Å². The van der Waals surface area contributed by atoms with Gasteiger partial charge in [-0.05, 0) is 31.9 Å². The lowest BCUT2D eigenvalue weighted by Gasteiger charge is -2.12. The fraction of sp³-hybridized carbons (Fsp3) is 0.412. The van der Waals surface area contributed by atoms with Crippen molar-refractivity contribution in [3.63, 3.8) is 0 Å². The van der Waals surface area contributed by atoms with Crippen LogP contribution in [0.1, 0.15) is 41.2 Å². The van der Waals surface area contributed by atoms with Gasteiger partial charge in [0.25, 0.3) is 5.91 Å². The number of ether oxygens (including phenoxy) is 1. The average Bonchev–Trinajstić information content (AvgIpc) is 2.89. The maximum atomic E-state index is 12.3. The molecule has 0 radical (unpaired) electrons. The summed E-state index contributed by atoms with van der Waals surface area (Å²) in [4.78, 5) is 12.3. The molecular formula is C17H22N2O3. The molecule has 0 unspecified atom stereocenters. The van der Waals surface area contributed by atoms with E-state index in [4.69, 9.17) is 9.26 Å². The van der Waals surface area contributed by atoms with Gasteiger partial charge in [-0.1, -0.05) is 30.6 Å². The van der Waals surface area contributed by atoms with Gasteiger partial charge in [0.2, 0.25) is 0 Å². The van der Waals surface area contributed by atoms with Crippen LogP contribution in [0.3, 0.4) is 0 Å². The summed E-state index contributed by atoms with van der Waals surface area (Å²) in [5.41, 5.74) is 2.35. The Kier molecular flexibility index (Phi) is 5.20. The Morgan fingerprint density at radius 2 is 2.09 bits per heavy atom. The van der Waals surface area contributed by atoms with Crippen LogP contribution in [0.25, 0.3) is 0 Å². The molecule has 0 aliphatic rings. The molecule has 0 bridgehead atoms. The first kappa shape index (κ1) is 16.1. The van der Waals surface area contributed by atoms with Gasteiger partial charge in [-0.2, -0.15) is 0 Å². The van der Waals surface area contributed by atoms with Gasteiger partial charge in [-0.15, -0.1) is 0 Å². The maximum Gasteiger partial charge on any atom is 0.255 e. The monoisotopic (exact) mass is 302 g/mol. The summed E-state index contributed by atoms with van der Waals surface area (Å²) >= 11 is 0. The number of hydrogen-bond donors (Lipinski definition) is 1. The molecule has 1 amide bonds. The van der Waals surface area contributed by atoms with E-state index in [2.05, 4.69) is 24.3 Å². The van der Waals surface area contributed by atoms with Crippen LogP contribution in [-0.2, 0) is 6.61 Å². The van der Waals surface area contributed by atoms with E-state index in [1.165, 1.54) is 0 Å². The lowest BCUT2D eigenvalue weighted by Crippen LogP contribution is -2.27. The van der Waals surface area contributed by atoms with E-state index in [1.807, 2.05) is 38.1 Å². The molecule has 118 valence electrons. The number of carbonyl (C=O) groups excluding carboxylic acids is 1. The lowest BCUT2D eigenvalue weighted by molar-refractivity contribution is 0.0943. The van der Waals surface area contributed by atoms with Crippen LogP contribution < -0.4 is 10.1 Å². The zero-order valence-corrected chi connectivity index (χ0v) is 13.5.